The third-order valence-corrected chi connectivity index (χ3v) is 6.92. The Hall–Kier alpha value is -2.52. The first kappa shape index (κ1) is 19.2. The van der Waals surface area contributed by atoms with Gasteiger partial charge in [-0.1, -0.05) is 12.1 Å². The van der Waals surface area contributed by atoms with Crippen molar-refractivity contribution in [2.75, 3.05) is 13.2 Å². The first-order valence-electron chi connectivity index (χ1n) is 8.22. The van der Waals surface area contributed by atoms with E-state index >= 15 is 0 Å². The van der Waals surface area contributed by atoms with Gasteiger partial charge >= 0.3 is 5.97 Å². The number of aryl methyl sites for hydroxylation is 1. The number of amides is 1. The Kier molecular flexibility index (Phi) is 5.43. The molecule has 9 heteroatoms. The molecule has 2 aromatic rings. The van der Waals surface area contributed by atoms with Crippen LogP contribution in [-0.2, 0) is 19.6 Å². The largest absolute Gasteiger partial charge is 0.464 e. The molecule has 1 amide bonds. The molecule has 1 aliphatic rings. The van der Waals surface area contributed by atoms with Crippen LogP contribution >= 0.6 is 11.3 Å². The van der Waals surface area contributed by atoms with E-state index in [2.05, 4.69) is 0 Å². The molecule has 0 fully saturated rings. The SMILES string of the molecule is Cc1ccc(C(=O)CCC(=O)OCCN2C(=O)c3ccccc3S2(=O)=O)s1. The summed E-state index contributed by atoms with van der Waals surface area (Å²) in [6, 6.07) is 9.49. The van der Waals surface area contributed by atoms with Crippen LogP contribution in [0, 0.1) is 6.92 Å². The van der Waals surface area contributed by atoms with E-state index < -0.39 is 21.9 Å². The minimum Gasteiger partial charge on any atom is -0.464 e. The maximum atomic E-state index is 12.4. The highest BCUT2D eigenvalue weighted by Gasteiger charge is 2.40. The number of Topliss-reactive ketones (excluding diaryl/α,β-unsaturated/α-hetero) is 1. The van der Waals surface area contributed by atoms with E-state index in [1.54, 1.807) is 18.2 Å². The van der Waals surface area contributed by atoms with Gasteiger partial charge in [-0.15, -0.1) is 11.3 Å². The molecule has 7 nitrogen and oxygen atoms in total. The monoisotopic (exact) mass is 407 g/mol. The Morgan fingerprint density at radius 1 is 1.11 bits per heavy atom. The molecule has 0 saturated heterocycles. The molecule has 0 bridgehead atoms. The van der Waals surface area contributed by atoms with Crippen LogP contribution in [0.25, 0.3) is 0 Å². The number of hydrogen-bond acceptors (Lipinski definition) is 7. The molecule has 0 saturated carbocycles. The lowest BCUT2D eigenvalue weighted by Gasteiger charge is -2.14. The average Bonchev–Trinajstić information content (AvgIpc) is 3.15. The molecule has 27 heavy (non-hydrogen) atoms. The molecule has 1 aromatic heterocycles. The van der Waals surface area contributed by atoms with E-state index in [9.17, 15) is 22.8 Å². The zero-order chi connectivity index (χ0) is 19.6. The lowest BCUT2D eigenvalue weighted by Crippen LogP contribution is -2.33. The van der Waals surface area contributed by atoms with Crippen molar-refractivity contribution in [1.82, 2.24) is 4.31 Å². The van der Waals surface area contributed by atoms with Crippen LogP contribution in [0.4, 0.5) is 0 Å². The number of esters is 1. The highest BCUT2D eigenvalue weighted by Crippen LogP contribution is 2.29. The van der Waals surface area contributed by atoms with Crippen molar-refractivity contribution in [3.05, 3.63) is 51.7 Å². The van der Waals surface area contributed by atoms with Crippen molar-refractivity contribution in [1.29, 1.82) is 0 Å². The Morgan fingerprint density at radius 3 is 2.52 bits per heavy atom. The van der Waals surface area contributed by atoms with E-state index in [1.165, 1.54) is 23.5 Å². The van der Waals surface area contributed by atoms with E-state index in [-0.39, 0.29) is 42.2 Å². The smallest absolute Gasteiger partial charge is 0.306 e. The van der Waals surface area contributed by atoms with Crippen molar-refractivity contribution in [3.63, 3.8) is 0 Å². The standard InChI is InChI=1S/C18H17NO6S2/c1-12-6-8-15(26-12)14(20)7-9-17(21)25-11-10-19-18(22)13-4-2-3-5-16(13)27(19,23)24/h2-6,8H,7,9-11H2,1H3. The summed E-state index contributed by atoms with van der Waals surface area (Å²) in [4.78, 5) is 37.5. The predicted octanol–water partition coefficient (Wildman–Crippen LogP) is 2.41. The van der Waals surface area contributed by atoms with Crippen LogP contribution in [0.15, 0.2) is 41.3 Å². The highest BCUT2D eigenvalue weighted by atomic mass is 32.2. The molecule has 0 spiro atoms. The van der Waals surface area contributed by atoms with Gasteiger partial charge in [-0.25, -0.2) is 12.7 Å². The van der Waals surface area contributed by atoms with Crippen molar-refractivity contribution in [2.24, 2.45) is 0 Å². The van der Waals surface area contributed by atoms with E-state index in [0.717, 1.165) is 4.88 Å². The van der Waals surface area contributed by atoms with Crippen LogP contribution in [0.2, 0.25) is 0 Å². The molecule has 1 aromatic carbocycles. The minimum absolute atomic E-state index is 0.0190. The quantitative estimate of drug-likeness (QED) is 0.516. The van der Waals surface area contributed by atoms with Crippen LogP contribution in [0.5, 0.6) is 0 Å². The normalized spacial score (nSPS) is 14.9. The number of ketones is 1. The molecule has 0 unspecified atom stereocenters. The van der Waals surface area contributed by atoms with Crippen LogP contribution < -0.4 is 0 Å². The van der Waals surface area contributed by atoms with Gasteiger partial charge in [-0.3, -0.25) is 14.4 Å². The van der Waals surface area contributed by atoms with Gasteiger partial charge < -0.3 is 4.74 Å². The number of nitrogens with zero attached hydrogens (tertiary/aromatic N) is 1. The Balaban J connectivity index is 1.49. The zero-order valence-electron chi connectivity index (χ0n) is 14.5. The predicted molar refractivity (Wildman–Crippen MR) is 98.2 cm³/mol. The molecular weight excluding hydrogens is 390 g/mol. The second kappa shape index (κ2) is 7.61. The summed E-state index contributed by atoms with van der Waals surface area (Å²) < 4.78 is 30.4. The Labute approximate surface area is 160 Å². The number of ether oxygens (including phenoxy) is 1. The number of rotatable bonds is 7. The van der Waals surface area contributed by atoms with Gasteiger partial charge in [0.1, 0.15) is 11.5 Å². The van der Waals surface area contributed by atoms with Gasteiger partial charge in [-0.2, -0.15) is 0 Å². The first-order valence-corrected chi connectivity index (χ1v) is 10.5. The number of thiophene rings is 1. The Morgan fingerprint density at radius 2 is 1.85 bits per heavy atom. The van der Waals surface area contributed by atoms with Gasteiger partial charge in [0.2, 0.25) is 0 Å². The number of benzene rings is 1. The van der Waals surface area contributed by atoms with Gasteiger partial charge in [0.25, 0.3) is 15.9 Å². The molecule has 0 N–H and O–H groups in total. The average molecular weight is 407 g/mol. The second-order valence-corrected chi connectivity index (χ2v) is 9.05. The number of carbonyl (C=O) groups excluding carboxylic acids is 3. The summed E-state index contributed by atoms with van der Waals surface area (Å²) in [5, 5.41) is 0. The summed E-state index contributed by atoms with van der Waals surface area (Å²) in [7, 11) is -3.91. The molecule has 2 heterocycles. The summed E-state index contributed by atoms with van der Waals surface area (Å²) in [6.07, 6.45) is -0.0815. The Bertz CT molecular complexity index is 1010. The van der Waals surface area contributed by atoms with Gasteiger partial charge in [0, 0.05) is 11.3 Å². The van der Waals surface area contributed by atoms with Gasteiger partial charge in [0.15, 0.2) is 5.78 Å². The second-order valence-electron chi connectivity index (χ2n) is 5.93. The fourth-order valence-electron chi connectivity index (χ4n) is 2.69. The summed E-state index contributed by atoms with van der Waals surface area (Å²) in [5.41, 5.74) is 0.112. The maximum absolute atomic E-state index is 12.4. The summed E-state index contributed by atoms with van der Waals surface area (Å²) >= 11 is 1.36. The van der Waals surface area contributed by atoms with Crippen molar-refractivity contribution in [3.8, 4) is 0 Å². The van der Waals surface area contributed by atoms with E-state index in [0.29, 0.717) is 9.18 Å². The topological polar surface area (TPSA) is 97.8 Å². The number of carbonyl (C=O) groups is 3. The van der Waals surface area contributed by atoms with Crippen LogP contribution in [-0.4, -0.2) is 43.5 Å². The molecule has 3 rings (SSSR count). The van der Waals surface area contributed by atoms with Crippen LogP contribution in [0.1, 0.15) is 37.7 Å². The van der Waals surface area contributed by atoms with E-state index in [1.807, 2.05) is 13.0 Å². The molecular formula is C18H17NO6S2. The third kappa shape index (κ3) is 3.93. The molecule has 142 valence electrons. The lowest BCUT2D eigenvalue weighted by molar-refractivity contribution is -0.143. The number of sulfonamides is 1. The van der Waals surface area contributed by atoms with E-state index in [4.69, 9.17) is 4.74 Å². The van der Waals surface area contributed by atoms with Crippen LogP contribution in [0.3, 0.4) is 0 Å². The fourth-order valence-corrected chi connectivity index (χ4v) is 5.08. The fraction of sp³-hybridized carbons (Fsp3) is 0.278. The molecule has 0 aliphatic carbocycles. The molecule has 0 atom stereocenters. The van der Waals surface area contributed by atoms with Gasteiger partial charge in [-0.05, 0) is 31.2 Å². The number of hydrogen-bond donors (Lipinski definition) is 0. The van der Waals surface area contributed by atoms with Crippen molar-refractivity contribution >= 4 is 39.0 Å². The molecule has 1 aliphatic heterocycles. The highest BCUT2D eigenvalue weighted by molar-refractivity contribution is 7.90. The summed E-state index contributed by atoms with van der Waals surface area (Å²) in [5.74, 6) is -1.39. The number of fused-ring (bicyclic) bond motifs is 1. The van der Waals surface area contributed by atoms with Gasteiger partial charge in [0.05, 0.1) is 23.4 Å². The molecule has 0 radical (unpaired) electrons. The zero-order valence-corrected chi connectivity index (χ0v) is 16.1. The maximum Gasteiger partial charge on any atom is 0.306 e. The first-order chi connectivity index (χ1) is 12.8. The minimum atomic E-state index is -3.91. The summed E-state index contributed by atoms with van der Waals surface area (Å²) in [6.45, 7) is 1.37. The van der Waals surface area contributed by atoms with Crippen molar-refractivity contribution < 1.29 is 27.5 Å². The third-order valence-electron chi connectivity index (χ3n) is 4.04. The lowest BCUT2D eigenvalue weighted by atomic mass is 10.2. The van der Waals surface area contributed by atoms with Crippen molar-refractivity contribution in [2.45, 2.75) is 24.7 Å².